The number of hydrogen-bond acceptors (Lipinski definition) is 6. The molecule has 0 aliphatic carbocycles. The highest BCUT2D eigenvalue weighted by Gasteiger charge is 2.18. The summed E-state index contributed by atoms with van der Waals surface area (Å²) in [5.74, 6) is 0.702. The average Bonchev–Trinajstić information content (AvgIpc) is 2.96. The highest BCUT2D eigenvalue weighted by Crippen LogP contribution is 2.35. The van der Waals surface area contributed by atoms with Gasteiger partial charge in [0.15, 0.2) is 10.2 Å². The van der Waals surface area contributed by atoms with Gasteiger partial charge in [-0.05, 0) is 42.3 Å². The summed E-state index contributed by atoms with van der Waals surface area (Å²) in [7, 11) is 0. The van der Waals surface area contributed by atoms with Gasteiger partial charge >= 0.3 is 0 Å². The van der Waals surface area contributed by atoms with Gasteiger partial charge in [0.05, 0.1) is 0 Å². The molecule has 0 spiro atoms. The molecule has 0 aliphatic rings. The number of nitrogens with zero attached hydrogens (tertiary/aromatic N) is 4. The molecule has 0 aromatic carbocycles. The lowest BCUT2D eigenvalue weighted by Crippen LogP contribution is -2.07. The monoisotopic (exact) mass is 342 g/mol. The van der Waals surface area contributed by atoms with Crippen molar-refractivity contribution in [3.63, 3.8) is 0 Å². The molecular formula is C17H18N4S2. The molecule has 0 N–H and O–H groups in total. The van der Waals surface area contributed by atoms with Crippen LogP contribution in [0.15, 0.2) is 46.2 Å². The van der Waals surface area contributed by atoms with Crippen molar-refractivity contribution in [3.05, 3.63) is 47.4 Å². The van der Waals surface area contributed by atoms with Crippen molar-refractivity contribution in [1.29, 1.82) is 0 Å². The van der Waals surface area contributed by atoms with Crippen LogP contribution in [0.3, 0.4) is 0 Å². The van der Waals surface area contributed by atoms with Gasteiger partial charge in [-0.15, -0.1) is 11.3 Å². The molecule has 0 fully saturated rings. The van der Waals surface area contributed by atoms with E-state index in [2.05, 4.69) is 40.7 Å². The molecule has 3 rings (SSSR count). The second-order valence-electron chi connectivity index (χ2n) is 6.26. The fraction of sp³-hybridized carbons (Fsp3) is 0.294. The van der Waals surface area contributed by atoms with E-state index in [0.29, 0.717) is 5.82 Å². The SMILES string of the molecule is Cc1cc(Sc2ncc(C(C)(C)C)s2)nc(-c2cccnc2)n1. The summed E-state index contributed by atoms with van der Waals surface area (Å²) in [6, 6.07) is 5.85. The maximum atomic E-state index is 4.65. The van der Waals surface area contributed by atoms with Crippen LogP contribution in [0.5, 0.6) is 0 Å². The third-order valence-electron chi connectivity index (χ3n) is 3.17. The zero-order chi connectivity index (χ0) is 16.4. The van der Waals surface area contributed by atoms with E-state index < -0.39 is 0 Å². The summed E-state index contributed by atoms with van der Waals surface area (Å²) in [6.45, 7) is 8.58. The van der Waals surface area contributed by atoms with Gasteiger partial charge in [-0.1, -0.05) is 20.8 Å². The van der Waals surface area contributed by atoms with Crippen molar-refractivity contribution >= 4 is 23.1 Å². The van der Waals surface area contributed by atoms with Gasteiger partial charge in [-0.25, -0.2) is 15.0 Å². The predicted octanol–water partition coefficient (Wildman–Crippen LogP) is 4.75. The molecule has 0 bridgehead atoms. The van der Waals surface area contributed by atoms with Crippen LogP contribution in [0.1, 0.15) is 31.3 Å². The number of aryl methyl sites for hydroxylation is 1. The Hall–Kier alpha value is -1.79. The topological polar surface area (TPSA) is 51.6 Å². The highest BCUT2D eigenvalue weighted by molar-refractivity contribution is 8.01. The fourth-order valence-corrected chi connectivity index (χ4v) is 4.00. The van der Waals surface area contributed by atoms with Crippen LogP contribution >= 0.6 is 23.1 Å². The van der Waals surface area contributed by atoms with Crippen LogP contribution < -0.4 is 0 Å². The largest absolute Gasteiger partial charge is 0.264 e. The van der Waals surface area contributed by atoms with Crippen molar-refractivity contribution in [2.45, 2.75) is 42.5 Å². The van der Waals surface area contributed by atoms with Crippen LogP contribution in [0.4, 0.5) is 0 Å². The first kappa shape index (κ1) is 16.1. The van der Waals surface area contributed by atoms with Crippen molar-refractivity contribution in [3.8, 4) is 11.4 Å². The lowest BCUT2D eigenvalue weighted by atomic mass is 9.96. The highest BCUT2D eigenvalue weighted by atomic mass is 32.2. The summed E-state index contributed by atoms with van der Waals surface area (Å²) >= 11 is 3.30. The Morgan fingerprint density at radius 3 is 2.61 bits per heavy atom. The Labute approximate surface area is 144 Å². The Morgan fingerprint density at radius 1 is 1.13 bits per heavy atom. The molecule has 0 amide bonds. The predicted molar refractivity (Wildman–Crippen MR) is 94.9 cm³/mol. The third kappa shape index (κ3) is 3.95. The molecule has 0 atom stereocenters. The first-order valence-corrected chi connectivity index (χ1v) is 8.95. The molecule has 118 valence electrons. The number of aromatic nitrogens is 4. The molecule has 0 radical (unpaired) electrons. The maximum Gasteiger partial charge on any atom is 0.162 e. The zero-order valence-corrected chi connectivity index (χ0v) is 15.2. The van der Waals surface area contributed by atoms with Gasteiger partial charge in [0, 0.05) is 34.7 Å². The van der Waals surface area contributed by atoms with Crippen LogP contribution in [-0.4, -0.2) is 19.9 Å². The van der Waals surface area contributed by atoms with Crippen molar-refractivity contribution in [2.75, 3.05) is 0 Å². The minimum absolute atomic E-state index is 0.124. The van der Waals surface area contributed by atoms with E-state index >= 15 is 0 Å². The second kappa shape index (κ2) is 6.37. The van der Waals surface area contributed by atoms with Gasteiger partial charge in [-0.2, -0.15) is 0 Å². The van der Waals surface area contributed by atoms with Crippen LogP contribution in [0, 0.1) is 6.92 Å². The fourth-order valence-electron chi connectivity index (χ4n) is 1.96. The second-order valence-corrected chi connectivity index (χ2v) is 8.55. The van der Waals surface area contributed by atoms with Gasteiger partial charge in [-0.3, -0.25) is 4.98 Å². The quantitative estimate of drug-likeness (QED) is 0.643. The molecule has 0 saturated heterocycles. The first-order valence-electron chi connectivity index (χ1n) is 7.32. The molecule has 3 aromatic rings. The minimum Gasteiger partial charge on any atom is -0.264 e. The molecule has 0 unspecified atom stereocenters. The van der Waals surface area contributed by atoms with Crippen LogP contribution in [-0.2, 0) is 5.41 Å². The molecule has 3 aromatic heterocycles. The van der Waals surface area contributed by atoms with E-state index in [1.807, 2.05) is 31.3 Å². The minimum atomic E-state index is 0.124. The molecule has 6 heteroatoms. The van der Waals surface area contributed by atoms with Crippen molar-refractivity contribution < 1.29 is 0 Å². The van der Waals surface area contributed by atoms with Gasteiger partial charge in [0.2, 0.25) is 0 Å². The molecule has 0 saturated carbocycles. The van der Waals surface area contributed by atoms with E-state index in [9.17, 15) is 0 Å². The Balaban J connectivity index is 1.89. The van der Waals surface area contributed by atoms with E-state index in [-0.39, 0.29) is 5.41 Å². The maximum absolute atomic E-state index is 4.65. The Bertz CT molecular complexity index is 807. The number of thiazole rings is 1. The Kier molecular flexibility index (Phi) is 4.46. The van der Waals surface area contributed by atoms with E-state index in [1.54, 1.807) is 35.5 Å². The zero-order valence-electron chi connectivity index (χ0n) is 13.6. The molecule has 4 nitrogen and oxygen atoms in total. The van der Waals surface area contributed by atoms with Crippen LogP contribution in [0.2, 0.25) is 0 Å². The summed E-state index contributed by atoms with van der Waals surface area (Å²) in [5.41, 5.74) is 1.99. The third-order valence-corrected chi connectivity index (χ3v) is 5.58. The standard InChI is InChI=1S/C17H18N4S2/c1-11-8-14(21-15(20-11)12-6-5-7-18-9-12)23-16-19-10-13(22-16)17(2,3)4/h5-10H,1-4H3. The molecule has 23 heavy (non-hydrogen) atoms. The number of hydrogen-bond donors (Lipinski definition) is 0. The van der Waals surface area contributed by atoms with Crippen LogP contribution in [0.25, 0.3) is 11.4 Å². The summed E-state index contributed by atoms with van der Waals surface area (Å²) in [5, 5.41) is 0.908. The van der Waals surface area contributed by atoms with Crippen molar-refractivity contribution in [2.24, 2.45) is 0 Å². The van der Waals surface area contributed by atoms with Gasteiger partial charge in [0.1, 0.15) is 5.03 Å². The van der Waals surface area contributed by atoms with E-state index in [0.717, 1.165) is 20.6 Å². The van der Waals surface area contributed by atoms with E-state index in [1.165, 1.54) is 4.88 Å². The molecular weight excluding hydrogens is 324 g/mol. The van der Waals surface area contributed by atoms with Crippen molar-refractivity contribution in [1.82, 2.24) is 19.9 Å². The average molecular weight is 342 g/mol. The van der Waals surface area contributed by atoms with E-state index in [4.69, 9.17) is 0 Å². The normalized spacial score (nSPS) is 11.7. The molecule has 3 heterocycles. The molecule has 0 aliphatic heterocycles. The first-order chi connectivity index (χ1) is 10.9. The lowest BCUT2D eigenvalue weighted by Gasteiger charge is -2.14. The summed E-state index contributed by atoms with van der Waals surface area (Å²) in [4.78, 5) is 19.1. The number of pyridine rings is 1. The summed E-state index contributed by atoms with van der Waals surface area (Å²) in [6.07, 6.45) is 5.49. The lowest BCUT2D eigenvalue weighted by molar-refractivity contribution is 0.602. The van der Waals surface area contributed by atoms with Gasteiger partial charge < -0.3 is 0 Å². The summed E-state index contributed by atoms with van der Waals surface area (Å²) < 4.78 is 1.00. The number of rotatable bonds is 3. The van der Waals surface area contributed by atoms with Gasteiger partial charge in [0.25, 0.3) is 0 Å². The Morgan fingerprint density at radius 2 is 1.96 bits per heavy atom. The smallest absolute Gasteiger partial charge is 0.162 e.